The molecule has 72 valence electrons. The van der Waals surface area contributed by atoms with Crippen LogP contribution in [0.15, 0.2) is 40.9 Å². The van der Waals surface area contributed by atoms with Gasteiger partial charge in [-0.3, -0.25) is 0 Å². The first kappa shape index (κ1) is 9.69. The van der Waals surface area contributed by atoms with Gasteiger partial charge in [-0.05, 0) is 41.5 Å². The topological polar surface area (TPSA) is 26.0 Å². The van der Waals surface area contributed by atoms with Crippen molar-refractivity contribution in [2.45, 2.75) is 13.0 Å². The van der Waals surface area contributed by atoms with E-state index in [1.807, 2.05) is 13.0 Å². The lowest BCUT2D eigenvalue weighted by Gasteiger charge is -2.07. The third-order valence-corrected chi connectivity index (χ3v) is 2.85. The first-order chi connectivity index (χ1) is 6.66. The van der Waals surface area contributed by atoms with E-state index in [4.69, 9.17) is 5.73 Å². The van der Waals surface area contributed by atoms with Gasteiger partial charge in [-0.15, -0.1) is 0 Å². The number of hydrogen-bond acceptors (Lipinski definition) is 1. The Kier molecular flexibility index (Phi) is 2.57. The van der Waals surface area contributed by atoms with Crippen molar-refractivity contribution in [1.29, 1.82) is 0 Å². The van der Waals surface area contributed by atoms with Crippen molar-refractivity contribution < 1.29 is 0 Å². The largest absolute Gasteiger partial charge is 0.324 e. The average molecular weight is 250 g/mol. The number of fused-ring (bicyclic) bond motifs is 1. The maximum absolute atomic E-state index is 5.83. The summed E-state index contributed by atoms with van der Waals surface area (Å²) in [5.74, 6) is 0. The number of rotatable bonds is 1. The molecule has 0 bridgehead atoms. The molecule has 2 rings (SSSR count). The van der Waals surface area contributed by atoms with Gasteiger partial charge >= 0.3 is 0 Å². The van der Waals surface area contributed by atoms with E-state index in [0.717, 1.165) is 4.47 Å². The monoisotopic (exact) mass is 249 g/mol. The molecular formula is C12H12BrN. The zero-order chi connectivity index (χ0) is 10.1. The molecule has 0 aliphatic heterocycles. The second-order valence-electron chi connectivity index (χ2n) is 3.54. The Morgan fingerprint density at radius 2 is 1.79 bits per heavy atom. The van der Waals surface area contributed by atoms with E-state index in [0.29, 0.717) is 0 Å². The van der Waals surface area contributed by atoms with Crippen LogP contribution in [0.2, 0.25) is 0 Å². The summed E-state index contributed by atoms with van der Waals surface area (Å²) in [5.41, 5.74) is 7.01. The van der Waals surface area contributed by atoms with Crippen LogP contribution in [0.4, 0.5) is 0 Å². The van der Waals surface area contributed by atoms with Gasteiger partial charge in [0, 0.05) is 10.5 Å². The third-order valence-electron chi connectivity index (χ3n) is 2.35. The summed E-state index contributed by atoms with van der Waals surface area (Å²) < 4.78 is 1.10. The molecule has 0 aliphatic carbocycles. The highest BCUT2D eigenvalue weighted by molar-refractivity contribution is 9.10. The Morgan fingerprint density at radius 3 is 2.50 bits per heavy atom. The van der Waals surface area contributed by atoms with Gasteiger partial charge in [0.05, 0.1) is 0 Å². The number of halogens is 1. The highest BCUT2D eigenvalue weighted by Gasteiger charge is 2.00. The van der Waals surface area contributed by atoms with Gasteiger partial charge < -0.3 is 5.73 Å². The molecule has 2 heteroatoms. The quantitative estimate of drug-likeness (QED) is 0.821. The minimum atomic E-state index is 0.0957. The van der Waals surface area contributed by atoms with Crippen molar-refractivity contribution in [3.05, 3.63) is 46.4 Å². The summed E-state index contributed by atoms with van der Waals surface area (Å²) in [6.07, 6.45) is 0. The Labute approximate surface area is 92.1 Å². The van der Waals surface area contributed by atoms with Crippen LogP contribution in [0.3, 0.4) is 0 Å². The van der Waals surface area contributed by atoms with Gasteiger partial charge in [0.25, 0.3) is 0 Å². The predicted molar refractivity (Wildman–Crippen MR) is 64.3 cm³/mol. The van der Waals surface area contributed by atoms with Crippen molar-refractivity contribution >= 4 is 26.7 Å². The molecule has 1 nitrogen and oxygen atoms in total. The number of hydrogen-bond donors (Lipinski definition) is 1. The summed E-state index contributed by atoms with van der Waals surface area (Å²) in [7, 11) is 0. The first-order valence-electron chi connectivity index (χ1n) is 4.61. The van der Waals surface area contributed by atoms with E-state index in [-0.39, 0.29) is 6.04 Å². The smallest absolute Gasteiger partial charge is 0.0266 e. The molecule has 0 spiro atoms. The van der Waals surface area contributed by atoms with Crippen molar-refractivity contribution in [3.63, 3.8) is 0 Å². The molecule has 1 unspecified atom stereocenters. The molecule has 1 atom stereocenters. The van der Waals surface area contributed by atoms with Crippen molar-refractivity contribution in [2.75, 3.05) is 0 Å². The van der Waals surface area contributed by atoms with Crippen molar-refractivity contribution in [3.8, 4) is 0 Å². The van der Waals surface area contributed by atoms with Crippen LogP contribution in [0.5, 0.6) is 0 Å². The lowest BCUT2D eigenvalue weighted by atomic mass is 10.0. The molecule has 2 N–H and O–H groups in total. The fourth-order valence-corrected chi connectivity index (χ4v) is 1.90. The molecule has 0 fully saturated rings. The van der Waals surface area contributed by atoms with Gasteiger partial charge in [-0.1, -0.05) is 34.1 Å². The fourth-order valence-electron chi connectivity index (χ4n) is 1.52. The molecule has 0 saturated carbocycles. The third kappa shape index (κ3) is 1.81. The molecule has 0 amide bonds. The van der Waals surface area contributed by atoms with Crippen LogP contribution in [-0.4, -0.2) is 0 Å². The van der Waals surface area contributed by atoms with Crippen LogP contribution >= 0.6 is 15.9 Å². The minimum absolute atomic E-state index is 0.0957. The first-order valence-corrected chi connectivity index (χ1v) is 5.41. The lowest BCUT2D eigenvalue weighted by molar-refractivity contribution is 0.820. The van der Waals surface area contributed by atoms with Gasteiger partial charge in [0.15, 0.2) is 0 Å². The van der Waals surface area contributed by atoms with Crippen LogP contribution in [0.1, 0.15) is 18.5 Å². The van der Waals surface area contributed by atoms with Gasteiger partial charge in [-0.2, -0.15) is 0 Å². The Bertz CT molecular complexity index is 463. The zero-order valence-electron chi connectivity index (χ0n) is 8.00. The minimum Gasteiger partial charge on any atom is -0.324 e. The molecular weight excluding hydrogens is 238 g/mol. The molecule has 0 saturated heterocycles. The Hall–Kier alpha value is -0.860. The van der Waals surface area contributed by atoms with Gasteiger partial charge in [0.2, 0.25) is 0 Å². The van der Waals surface area contributed by atoms with Crippen LogP contribution in [0, 0.1) is 0 Å². The normalized spacial score (nSPS) is 13.1. The number of nitrogens with two attached hydrogens (primary N) is 1. The van der Waals surface area contributed by atoms with Gasteiger partial charge in [0.1, 0.15) is 0 Å². The van der Waals surface area contributed by atoms with Crippen molar-refractivity contribution in [2.24, 2.45) is 5.73 Å². The van der Waals surface area contributed by atoms with E-state index in [1.165, 1.54) is 16.3 Å². The van der Waals surface area contributed by atoms with Crippen molar-refractivity contribution in [1.82, 2.24) is 0 Å². The molecule has 2 aromatic rings. The molecule has 2 aromatic carbocycles. The standard InChI is InChI=1S/C12H12BrN/c1-8(14)10-3-2-9-4-5-12(13)7-11(9)6-10/h2-8H,14H2,1H3. The maximum atomic E-state index is 5.83. The fraction of sp³-hybridized carbons (Fsp3) is 0.167. The lowest BCUT2D eigenvalue weighted by Crippen LogP contribution is -2.04. The molecule has 14 heavy (non-hydrogen) atoms. The Morgan fingerprint density at radius 1 is 1.07 bits per heavy atom. The molecule has 0 aromatic heterocycles. The SMILES string of the molecule is CC(N)c1ccc2ccc(Br)cc2c1. The van der Waals surface area contributed by atoms with E-state index in [1.54, 1.807) is 0 Å². The molecule has 0 aliphatic rings. The van der Waals surface area contributed by atoms with Crippen LogP contribution < -0.4 is 5.73 Å². The summed E-state index contributed by atoms with van der Waals surface area (Å²) in [4.78, 5) is 0. The summed E-state index contributed by atoms with van der Waals surface area (Å²) in [6.45, 7) is 2.00. The zero-order valence-corrected chi connectivity index (χ0v) is 9.58. The van der Waals surface area contributed by atoms with E-state index < -0.39 is 0 Å². The van der Waals surface area contributed by atoms with E-state index >= 15 is 0 Å². The highest BCUT2D eigenvalue weighted by atomic mass is 79.9. The molecule has 0 radical (unpaired) electrons. The van der Waals surface area contributed by atoms with E-state index in [2.05, 4.69) is 46.3 Å². The second kappa shape index (κ2) is 3.71. The summed E-state index contributed by atoms with van der Waals surface area (Å²) >= 11 is 3.46. The van der Waals surface area contributed by atoms with E-state index in [9.17, 15) is 0 Å². The van der Waals surface area contributed by atoms with Crippen LogP contribution in [-0.2, 0) is 0 Å². The summed E-state index contributed by atoms with van der Waals surface area (Å²) in [6, 6.07) is 12.7. The molecule has 0 heterocycles. The second-order valence-corrected chi connectivity index (χ2v) is 4.46. The Balaban J connectivity index is 2.63. The maximum Gasteiger partial charge on any atom is 0.0266 e. The predicted octanol–water partition coefficient (Wildman–Crippen LogP) is 3.62. The highest BCUT2D eigenvalue weighted by Crippen LogP contribution is 2.22. The number of benzene rings is 2. The van der Waals surface area contributed by atoms with Gasteiger partial charge in [-0.25, -0.2) is 0 Å². The summed E-state index contributed by atoms with van der Waals surface area (Å²) in [5, 5.41) is 2.48. The average Bonchev–Trinajstić information content (AvgIpc) is 2.16. The van der Waals surface area contributed by atoms with Crippen LogP contribution in [0.25, 0.3) is 10.8 Å².